The van der Waals surface area contributed by atoms with E-state index in [-0.39, 0.29) is 6.04 Å². The van der Waals surface area contributed by atoms with Crippen LogP contribution in [0.5, 0.6) is 0 Å². The average molecular weight is 375 g/mol. The normalized spacial score (nSPS) is 12.5. The van der Waals surface area contributed by atoms with Crippen molar-refractivity contribution in [2.45, 2.75) is 6.04 Å². The molecule has 0 aliphatic carbocycles. The number of nitrogens with two attached hydrogens (primary N) is 1. The molecule has 1 aromatic heterocycles. The van der Waals surface area contributed by atoms with Gasteiger partial charge in [0.15, 0.2) is 0 Å². The van der Waals surface area contributed by atoms with Crippen LogP contribution in [0.4, 0.5) is 0 Å². The Morgan fingerprint density at radius 2 is 1.75 bits per heavy atom. The molecule has 100 valence electrons. The third-order valence-corrected chi connectivity index (χ3v) is 4.06. The summed E-state index contributed by atoms with van der Waals surface area (Å²) in [6.07, 6.45) is 1.81. The first kappa shape index (κ1) is 13.5. The number of para-hydroxylation sites is 1. The molecule has 1 unspecified atom stereocenters. The maximum Gasteiger partial charge on any atom is 0.0753 e. The van der Waals surface area contributed by atoms with Crippen molar-refractivity contribution in [1.82, 2.24) is 10.4 Å². The number of halogens is 1. The molecule has 0 fully saturated rings. The fraction of sp³-hybridized carbons (Fsp3) is 0.0625. The minimum atomic E-state index is -0.0643. The Kier molecular flexibility index (Phi) is 3.95. The van der Waals surface area contributed by atoms with Crippen LogP contribution in [0.25, 0.3) is 10.9 Å². The van der Waals surface area contributed by atoms with E-state index in [0.29, 0.717) is 0 Å². The molecule has 3 N–H and O–H groups in total. The molecule has 0 aliphatic heterocycles. The topological polar surface area (TPSA) is 50.9 Å². The lowest BCUT2D eigenvalue weighted by Crippen LogP contribution is -2.29. The summed E-state index contributed by atoms with van der Waals surface area (Å²) in [5.41, 5.74) is 6.11. The molecule has 0 aliphatic rings. The zero-order valence-corrected chi connectivity index (χ0v) is 12.9. The highest BCUT2D eigenvalue weighted by molar-refractivity contribution is 14.1. The Labute approximate surface area is 131 Å². The molecule has 3 rings (SSSR count). The summed E-state index contributed by atoms with van der Waals surface area (Å²) in [4.78, 5) is 4.50. The average Bonchev–Trinajstić information content (AvgIpc) is 2.50. The largest absolute Gasteiger partial charge is 0.271 e. The molecule has 0 bridgehead atoms. The molecule has 4 heteroatoms. The highest BCUT2D eigenvalue weighted by atomic mass is 127. The van der Waals surface area contributed by atoms with E-state index >= 15 is 0 Å². The van der Waals surface area contributed by atoms with E-state index in [1.807, 2.05) is 18.3 Å². The Morgan fingerprint density at radius 1 is 1.00 bits per heavy atom. The SMILES string of the molecule is NNC(c1ccc(I)cc1)c1cccc2cccnc12. The van der Waals surface area contributed by atoms with E-state index in [2.05, 4.69) is 75.5 Å². The number of fused-ring (bicyclic) bond motifs is 1. The van der Waals surface area contributed by atoms with Crippen LogP contribution in [0.2, 0.25) is 0 Å². The van der Waals surface area contributed by atoms with Crippen molar-refractivity contribution in [3.8, 4) is 0 Å². The summed E-state index contributed by atoms with van der Waals surface area (Å²) in [6, 6.07) is 18.5. The third kappa shape index (κ3) is 2.54. The van der Waals surface area contributed by atoms with Crippen molar-refractivity contribution in [1.29, 1.82) is 0 Å². The first-order chi connectivity index (χ1) is 9.79. The van der Waals surface area contributed by atoms with Crippen molar-refractivity contribution in [3.05, 3.63) is 75.5 Å². The van der Waals surface area contributed by atoms with Gasteiger partial charge in [-0.05, 0) is 46.4 Å². The first-order valence-electron chi connectivity index (χ1n) is 6.35. The number of pyridine rings is 1. The molecule has 0 amide bonds. The molecule has 1 heterocycles. The van der Waals surface area contributed by atoms with Crippen molar-refractivity contribution in [3.63, 3.8) is 0 Å². The van der Waals surface area contributed by atoms with Gasteiger partial charge in [0.2, 0.25) is 0 Å². The summed E-state index contributed by atoms with van der Waals surface area (Å²) < 4.78 is 1.21. The quantitative estimate of drug-likeness (QED) is 0.419. The lowest BCUT2D eigenvalue weighted by Gasteiger charge is -2.18. The van der Waals surface area contributed by atoms with Crippen molar-refractivity contribution in [2.24, 2.45) is 5.84 Å². The highest BCUT2D eigenvalue weighted by Crippen LogP contribution is 2.27. The Balaban J connectivity index is 2.14. The minimum absolute atomic E-state index is 0.0643. The fourth-order valence-electron chi connectivity index (χ4n) is 2.38. The number of aromatic nitrogens is 1. The van der Waals surface area contributed by atoms with E-state index < -0.39 is 0 Å². The number of hydrogen-bond donors (Lipinski definition) is 2. The second-order valence-corrected chi connectivity index (χ2v) is 5.82. The van der Waals surface area contributed by atoms with Gasteiger partial charge in [0.25, 0.3) is 0 Å². The second-order valence-electron chi connectivity index (χ2n) is 4.57. The van der Waals surface area contributed by atoms with Crippen molar-refractivity contribution in [2.75, 3.05) is 0 Å². The summed E-state index contributed by atoms with van der Waals surface area (Å²) in [6.45, 7) is 0. The monoisotopic (exact) mass is 375 g/mol. The van der Waals surface area contributed by atoms with Gasteiger partial charge in [-0.3, -0.25) is 10.8 Å². The summed E-state index contributed by atoms with van der Waals surface area (Å²) >= 11 is 2.30. The molecule has 0 radical (unpaired) electrons. The van der Waals surface area contributed by atoms with E-state index in [0.717, 1.165) is 22.0 Å². The highest BCUT2D eigenvalue weighted by Gasteiger charge is 2.15. The van der Waals surface area contributed by atoms with Crippen LogP contribution in [0.15, 0.2) is 60.8 Å². The van der Waals surface area contributed by atoms with Crippen LogP contribution in [0, 0.1) is 3.57 Å². The van der Waals surface area contributed by atoms with Gasteiger partial charge in [0.1, 0.15) is 0 Å². The number of benzene rings is 2. The second kappa shape index (κ2) is 5.87. The summed E-state index contributed by atoms with van der Waals surface area (Å²) in [5.74, 6) is 5.79. The van der Waals surface area contributed by atoms with Crippen molar-refractivity contribution >= 4 is 33.5 Å². The van der Waals surface area contributed by atoms with E-state index in [4.69, 9.17) is 5.84 Å². The molecule has 0 saturated heterocycles. The Bertz CT molecular complexity index is 720. The first-order valence-corrected chi connectivity index (χ1v) is 7.42. The summed E-state index contributed by atoms with van der Waals surface area (Å²) in [5, 5.41) is 1.12. The minimum Gasteiger partial charge on any atom is -0.271 e. The molecular weight excluding hydrogens is 361 g/mol. The van der Waals surface area contributed by atoms with Crippen molar-refractivity contribution < 1.29 is 0 Å². The number of nitrogens with one attached hydrogen (secondary N) is 1. The zero-order chi connectivity index (χ0) is 13.9. The van der Waals surface area contributed by atoms with Crippen LogP contribution in [0.1, 0.15) is 17.2 Å². The molecular formula is C16H14IN3. The van der Waals surface area contributed by atoms with Gasteiger partial charge in [-0.25, -0.2) is 5.43 Å². The van der Waals surface area contributed by atoms with Gasteiger partial charge in [-0.15, -0.1) is 0 Å². The lowest BCUT2D eigenvalue weighted by molar-refractivity contribution is 0.640. The fourth-order valence-corrected chi connectivity index (χ4v) is 2.74. The van der Waals surface area contributed by atoms with Crippen LogP contribution >= 0.6 is 22.6 Å². The smallest absolute Gasteiger partial charge is 0.0753 e. The maximum absolute atomic E-state index is 5.79. The lowest BCUT2D eigenvalue weighted by atomic mass is 9.97. The van der Waals surface area contributed by atoms with Gasteiger partial charge in [0.05, 0.1) is 11.6 Å². The van der Waals surface area contributed by atoms with Gasteiger partial charge in [-0.1, -0.05) is 36.4 Å². The van der Waals surface area contributed by atoms with Gasteiger partial charge >= 0.3 is 0 Å². The van der Waals surface area contributed by atoms with Crippen LogP contribution in [-0.2, 0) is 0 Å². The third-order valence-electron chi connectivity index (χ3n) is 3.34. The van der Waals surface area contributed by atoms with E-state index in [1.165, 1.54) is 3.57 Å². The molecule has 20 heavy (non-hydrogen) atoms. The number of nitrogens with zero attached hydrogens (tertiary/aromatic N) is 1. The van der Waals surface area contributed by atoms with E-state index in [1.54, 1.807) is 0 Å². The van der Waals surface area contributed by atoms with Gasteiger partial charge in [0, 0.05) is 20.7 Å². The standard InChI is InChI=1S/C16H14IN3/c17-13-8-6-12(7-9-13)16(20-18)14-5-1-3-11-4-2-10-19-15(11)14/h1-10,16,20H,18H2. The number of hydrogen-bond acceptors (Lipinski definition) is 3. The maximum atomic E-state index is 5.79. The number of rotatable bonds is 3. The molecule has 0 saturated carbocycles. The molecule has 3 nitrogen and oxygen atoms in total. The Morgan fingerprint density at radius 3 is 2.50 bits per heavy atom. The number of hydrazine groups is 1. The van der Waals surface area contributed by atoms with Crippen LogP contribution in [-0.4, -0.2) is 4.98 Å². The zero-order valence-electron chi connectivity index (χ0n) is 10.8. The molecule has 3 aromatic rings. The van der Waals surface area contributed by atoms with E-state index in [9.17, 15) is 0 Å². The van der Waals surface area contributed by atoms with Crippen LogP contribution in [0.3, 0.4) is 0 Å². The molecule has 0 spiro atoms. The molecule has 1 atom stereocenters. The predicted molar refractivity (Wildman–Crippen MR) is 90.1 cm³/mol. The summed E-state index contributed by atoms with van der Waals surface area (Å²) in [7, 11) is 0. The molecule has 2 aromatic carbocycles. The predicted octanol–water partition coefficient (Wildman–Crippen LogP) is 3.39. The Hall–Kier alpha value is -1.50. The van der Waals surface area contributed by atoms with Crippen LogP contribution < -0.4 is 11.3 Å². The van der Waals surface area contributed by atoms with Gasteiger partial charge in [-0.2, -0.15) is 0 Å². The van der Waals surface area contributed by atoms with Gasteiger partial charge < -0.3 is 0 Å².